The van der Waals surface area contributed by atoms with Gasteiger partial charge in [0.05, 0.1) is 6.42 Å². The van der Waals surface area contributed by atoms with Crippen LogP contribution in [0.1, 0.15) is 11.1 Å². The van der Waals surface area contributed by atoms with Gasteiger partial charge in [-0.3, -0.25) is 14.5 Å². The summed E-state index contributed by atoms with van der Waals surface area (Å²) in [5.41, 5.74) is 2.83. The molecule has 0 aliphatic heterocycles. The molecule has 0 saturated carbocycles. The number of hydrogen-bond acceptors (Lipinski definition) is 3. The Hall–Kier alpha value is -2.69. The summed E-state index contributed by atoms with van der Waals surface area (Å²) >= 11 is 0. The number of carbonyl (C=O) groups excluding carboxylic acids is 1. The molecule has 100 valence electrons. The first-order valence-corrected chi connectivity index (χ1v) is 6.38. The van der Waals surface area contributed by atoms with Crippen molar-refractivity contribution < 1.29 is 4.79 Å². The molecule has 0 spiro atoms. The van der Waals surface area contributed by atoms with Crippen LogP contribution in [-0.4, -0.2) is 20.5 Å². The normalized spacial score (nSPS) is 10.7. The predicted octanol–water partition coefficient (Wildman–Crippen LogP) is 2.22. The van der Waals surface area contributed by atoms with Crippen LogP contribution in [0.4, 0.5) is 5.95 Å². The highest BCUT2D eigenvalue weighted by molar-refractivity contribution is 5.91. The van der Waals surface area contributed by atoms with Gasteiger partial charge < -0.3 is 0 Å². The molecule has 1 aromatic carbocycles. The van der Waals surface area contributed by atoms with Gasteiger partial charge in [-0.25, -0.2) is 0 Å². The fourth-order valence-electron chi connectivity index (χ4n) is 2.08. The van der Waals surface area contributed by atoms with Crippen molar-refractivity contribution in [1.82, 2.24) is 14.6 Å². The summed E-state index contributed by atoms with van der Waals surface area (Å²) in [5.74, 6) is 0.344. The number of aromatic nitrogens is 3. The third-order valence-electron chi connectivity index (χ3n) is 3.18. The predicted molar refractivity (Wildman–Crippen MR) is 76.5 cm³/mol. The van der Waals surface area contributed by atoms with Crippen molar-refractivity contribution in [2.75, 3.05) is 5.32 Å². The molecule has 2 heterocycles. The topological polar surface area (TPSA) is 59.3 Å². The molecule has 20 heavy (non-hydrogen) atoms. The maximum Gasteiger partial charge on any atom is 0.235 e. The zero-order valence-corrected chi connectivity index (χ0v) is 11.1. The van der Waals surface area contributed by atoms with Gasteiger partial charge in [-0.05, 0) is 30.2 Å². The van der Waals surface area contributed by atoms with Crippen molar-refractivity contribution in [2.45, 2.75) is 13.3 Å². The zero-order valence-electron chi connectivity index (χ0n) is 11.1. The lowest BCUT2D eigenvalue weighted by atomic mass is 10.1. The summed E-state index contributed by atoms with van der Waals surface area (Å²) in [5, 5.41) is 10.8. The first-order valence-electron chi connectivity index (χ1n) is 6.38. The van der Waals surface area contributed by atoms with Gasteiger partial charge in [0.2, 0.25) is 11.9 Å². The largest absolute Gasteiger partial charge is 0.294 e. The average Bonchev–Trinajstić information content (AvgIpc) is 2.85. The minimum absolute atomic E-state index is 0.0996. The number of nitrogens with zero attached hydrogens (tertiary/aromatic N) is 3. The van der Waals surface area contributed by atoms with Crippen LogP contribution in [0.25, 0.3) is 5.65 Å². The molecule has 0 fully saturated rings. The van der Waals surface area contributed by atoms with Crippen LogP contribution in [0.2, 0.25) is 0 Å². The Labute approximate surface area is 116 Å². The number of pyridine rings is 1. The van der Waals surface area contributed by atoms with E-state index in [1.165, 1.54) is 0 Å². The van der Waals surface area contributed by atoms with Crippen molar-refractivity contribution in [3.63, 3.8) is 0 Å². The highest BCUT2D eigenvalue weighted by Crippen LogP contribution is 2.11. The number of hydrogen-bond donors (Lipinski definition) is 1. The lowest BCUT2D eigenvalue weighted by Crippen LogP contribution is -2.16. The van der Waals surface area contributed by atoms with Crippen molar-refractivity contribution >= 4 is 17.5 Å². The molecule has 3 aromatic rings. The minimum atomic E-state index is -0.0996. The van der Waals surface area contributed by atoms with Gasteiger partial charge in [-0.2, -0.15) is 0 Å². The molecule has 0 aliphatic carbocycles. The van der Waals surface area contributed by atoms with E-state index in [1.54, 1.807) is 4.40 Å². The van der Waals surface area contributed by atoms with Crippen LogP contribution in [0, 0.1) is 6.92 Å². The van der Waals surface area contributed by atoms with Crippen molar-refractivity contribution in [3.8, 4) is 0 Å². The summed E-state index contributed by atoms with van der Waals surface area (Å²) in [6.07, 6.45) is 2.15. The van der Waals surface area contributed by atoms with Crippen molar-refractivity contribution in [1.29, 1.82) is 0 Å². The first kappa shape index (κ1) is 12.3. The highest BCUT2D eigenvalue weighted by atomic mass is 16.1. The monoisotopic (exact) mass is 266 g/mol. The van der Waals surface area contributed by atoms with E-state index in [0.29, 0.717) is 18.0 Å². The molecule has 0 aliphatic rings. The highest BCUT2D eigenvalue weighted by Gasteiger charge is 2.10. The van der Waals surface area contributed by atoms with Crippen LogP contribution in [0.15, 0.2) is 48.7 Å². The number of benzene rings is 1. The van der Waals surface area contributed by atoms with Crippen LogP contribution in [0.5, 0.6) is 0 Å². The van der Waals surface area contributed by atoms with Crippen molar-refractivity contribution in [2.24, 2.45) is 0 Å². The van der Waals surface area contributed by atoms with Gasteiger partial charge in [-0.15, -0.1) is 10.2 Å². The van der Waals surface area contributed by atoms with E-state index in [9.17, 15) is 4.79 Å². The molecule has 1 amide bonds. The molecule has 5 nitrogen and oxygen atoms in total. The van der Waals surface area contributed by atoms with E-state index < -0.39 is 0 Å². The first-order chi connectivity index (χ1) is 9.74. The summed E-state index contributed by atoms with van der Waals surface area (Å²) in [6, 6.07) is 13.4. The summed E-state index contributed by atoms with van der Waals surface area (Å²) in [4.78, 5) is 12.1. The van der Waals surface area contributed by atoms with Gasteiger partial charge in [0.25, 0.3) is 0 Å². The second kappa shape index (κ2) is 5.13. The number of aryl methyl sites for hydroxylation is 1. The van der Waals surface area contributed by atoms with E-state index in [4.69, 9.17) is 0 Å². The third-order valence-corrected chi connectivity index (χ3v) is 3.18. The lowest BCUT2D eigenvalue weighted by Gasteiger charge is -2.05. The van der Waals surface area contributed by atoms with Crippen LogP contribution < -0.4 is 5.32 Å². The molecule has 5 heteroatoms. The summed E-state index contributed by atoms with van der Waals surface area (Å²) in [6.45, 7) is 2.00. The van der Waals surface area contributed by atoms with Gasteiger partial charge in [0.1, 0.15) is 0 Å². The Morgan fingerprint density at radius 3 is 2.80 bits per heavy atom. The third kappa shape index (κ3) is 2.38. The number of fused-ring (bicyclic) bond motifs is 1. The Morgan fingerprint density at radius 2 is 1.95 bits per heavy atom. The number of rotatable bonds is 3. The molecule has 0 bridgehead atoms. The smallest absolute Gasteiger partial charge is 0.235 e. The van der Waals surface area contributed by atoms with Gasteiger partial charge >= 0.3 is 0 Å². The fraction of sp³-hybridized carbons (Fsp3) is 0.133. The van der Waals surface area contributed by atoms with E-state index >= 15 is 0 Å². The van der Waals surface area contributed by atoms with Crippen LogP contribution in [-0.2, 0) is 11.2 Å². The maximum atomic E-state index is 12.1. The van der Waals surface area contributed by atoms with Crippen LogP contribution in [0.3, 0.4) is 0 Å². The second-order valence-corrected chi connectivity index (χ2v) is 4.60. The number of anilines is 1. The second-order valence-electron chi connectivity index (χ2n) is 4.60. The Balaban J connectivity index is 1.78. The summed E-state index contributed by atoms with van der Waals surface area (Å²) < 4.78 is 1.75. The number of carbonyl (C=O) groups is 1. The van der Waals surface area contributed by atoms with E-state index in [-0.39, 0.29) is 5.91 Å². The van der Waals surface area contributed by atoms with E-state index in [0.717, 1.165) is 11.1 Å². The SMILES string of the molecule is Cc1ccccc1CC(=O)Nc1nnc2ccccn12. The molecule has 3 rings (SSSR count). The molecule has 0 unspecified atom stereocenters. The van der Waals surface area contributed by atoms with Crippen LogP contribution >= 0.6 is 0 Å². The molecular formula is C15H14N4O. The fourth-order valence-corrected chi connectivity index (χ4v) is 2.08. The Morgan fingerprint density at radius 1 is 1.15 bits per heavy atom. The standard InChI is InChI=1S/C15H14N4O/c1-11-6-2-3-7-12(11)10-14(20)16-15-18-17-13-8-4-5-9-19(13)15/h2-9H,10H2,1H3,(H,16,18,20). The van der Waals surface area contributed by atoms with Crippen molar-refractivity contribution in [3.05, 3.63) is 59.8 Å². The van der Waals surface area contributed by atoms with Gasteiger partial charge in [0, 0.05) is 6.20 Å². The van der Waals surface area contributed by atoms with Gasteiger partial charge in [0.15, 0.2) is 5.65 Å². The number of amides is 1. The minimum Gasteiger partial charge on any atom is -0.294 e. The Bertz CT molecular complexity index is 763. The molecule has 0 atom stereocenters. The molecule has 0 radical (unpaired) electrons. The zero-order chi connectivity index (χ0) is 13.9. The number of nitrogens with one attached hydrogen (secondary N) is 1. The molecular weight excluding hydrogens is 252 g/mol. The molecule has 1 N–H and O–H groups in total. The molecule has 2 aromatic heterocycles. The Kier molecular flexibility index (Phi) is 3.16. The van der Waals surface area contributed by atoms with E-state index in [1.807, 2.05) is 55.6 Å². The van der Waals surface area contributed by atoms with Gasteiger partial charge in [-0.1, -0.05) is 30.3 Å². The quantitative estimate of drug-likeness (QED) is 0.790. The molecule has 0 saturated heterocycles. The lowest BCUT2D eigenvalue weighted by molar-refractivity contribution is -0.115. The average molecular weight is 266 g/mol. The maximum absolute atomic E-state index is 12.1. The summed E-state index contributed by atoms with van der Waals surface area (Å²) in [7, 11) is 0. The van der Waals surface area contributed by atoms with E-state index in [2.05, 4.69) is 15.5 Å².